The molecule has 0 saturated carbocycles. The van der Waals surface area contributed by atoms with Gasteiger partial charge in [0.1, 0.15) is 5.75 Å². The highest BCUT2D eigenvalue weighted by Gasteiger charge is 2.48. The number of hydrogen-bond acceptors (Lipinski definition) is 4. The lowest BCUT2D eigenvalue weighted by Crippen LogP contribution is -2.37. The first-order valence-electron chi connectivity index (χ1n) is 5.95. The first kappa shape index (κ1) is 12.7. The number of fused-ring (bicyclic) bond motifs is 1. The summed E-state index contributed by atoms with van der Waals surface area (Å²) in [5.41, 5.74) is 0.812. The second-order valence-corrected chi connectivity index (χ2v) is 7.28. The summed E-state index contributed by atoms with van der Waals surface area (Å²) >= 11 is 5.32. The molecule has 2 saturated heterocycles. The molecule has 2 fully saturated rings. The van der Waals surface area contributed by atoms with Gasteiger partial charge in [0.15, 0.2) is 14.9 Å². The van der Waals surface area contributed by atoms with Gasteiger partial charge in [-0.25, -0.2) is 8.42 Å². The van der Waals surface area contributed by atoms with Crippen molar-refractivity contribution in [3.63, 3.8) is 0 Å². The number of nitrogens with one attached hydrogen (secondary N) is 1. The summed E-state index contributed by atoms with van der Waals surface area (Å²) in [5.74, 6) is 0.961. The Kier molecular flexibility index (Phi) is 2.90. The zero-order chi connectivity index (χ0) is 13.6. The van der Waals surface area contributed by atoms with E-state index in [9.17, 15) is 8.42 Å². The van der Waals surface area contributed by atoms with Crippen molar-refractivity contribution in [3.8, 4) is 5.75 Å². The predicted molar refractivity (Wildman–Crippen MR) is 77.4 cm³/mol. The molecule has 7 heteroatoms. The molecule has 5 nitrogen and oxygen atoms in total. The third-order valence-corrected chi connectivity index (χ3v) is 5.56. The van der Waals surface area contributed by atoms with Crippen molar-refractivity contribution in [2.75, 3.05) is 23.5 Å². The van der Waals surface area contributed by atoms with Crippen LogP contribution in [0.5, 0.6) is 5.75 Å². The smallest absolute Gasteiger partial charge is 0.174 e. The summed E-state index contributed by atoms with van der Waals surface area (Å²) in [4.78, 5) is 1.86. The van der Waals surface area contributed by atoms with Gasteiger partial charge in [-0.3, -0.25) is 0 Å². The van der Waals surface area contributed by atoms with Gasteiger partial charge in [0.25, 0.3) is 0 Å². The first-order valence-corrected chi connectivity index (χ1v) is 8.18. The Labute approximate surface area is 117 Å². The van der Waals surface area contributed by atoms with Crippen LogP contribution in [0.2, 0.25) is 0 Å². The molecule has 0 radical (unpaired) electrons. The molecule has 2 aliphatic rings. The van der Waals surface area contributed by atoms with Crippen molar-refractivity contribution in [2.45, 2.75) is 12.1 Å². The highest BCUT2D eigenvalue weighted by molar-refractivity contribution is 7.91. The minimum Gasteiger partial charge on any atom is -0.495 e. The molecule has 0 spiro atoms. The standard InChI is InChI=1S/C12H14N2O3S2/c1-17-11-5-3-2-4-9(11)14-10-7-19(15,16)6-8(10)13-12(14)18/h2-5,8,10H,6-7H2,1H3,(H,13,18)/t8-,10+/m0/s1. The van der Waals surface area contributed by atoms with Crippen LogP contribution in [0.3, 0.4) is 0 Å². The van der Waals surface area contributed by atoms with Gasteiger partial charge in [0, 0.05) is 0 Å². The zero-order valence-corrected chi connectivity index (χ0v) is 12.0. The number of ether oxygens (including phenoxy) is 1. The van der Waals surface area contributed by atoms with Gasteiger partial charge in [-0.1, -0.05) is 12.1 Å². The van der Waals surface area contributed by atoms with Crippen LogP contribution in [0.1, 0.15) is 0 Å². The topological polar surface area (TPSA) is 58.6 Å². The van der Waals surface area contributed by atoms with E-state index < -0.39 is 9.84 Å². The molecule has 0 amide bonds. The van der Waals surface area contributed by atoms with Crippen LogP contribution in [0.25, 0.3) is 0 Å². The number of nitrogens with zero attached hydrogens (tertiary/aromatic N) is 1. The van der Waals surface area contributed by atoms with Crippen molar-refractivity contribution in [1.29, 1.82) is 0 Å². The quantitative estimate of drug-likeness (QED) is 0.805. The molecule has 0 aliphatic carbocycles. The number of thiocarbonyl (C=S) groups is 1. The molecule has 0 aromatic heterocycles. The van der Waals surface area contributed by atoms with E-state index in [1.807, 2.05) is 29.2 Å². The number of sulfone groups is 1. The highest BCUT2D eigenvalue weighted by atomic mass is 32.2. The number of rotatable bonds is 2. The average Bonchev–Trinajstić information content (AvgIpc) is 2.79. The molecule has 2 atom stereocenters. The highest BCUT2D eigenvalue weighted by Crippen LogP contribution is 2.35. The summed E-state index contributed by atoms with van der Waals surface area (Å²) < 4.78 is 28.8. The minimum absolute atomic E-state index is 0.123. The van der Waals surface area contributed by atoms with E-state index in [0.717, 1.165) is 5.69 Å². The van der Waals surface area contributed by atoms with Crippen molar-refractivity contribution < 1.29 is 13.2 Å². The normalized spacial score (nSPS) is 28.1. The molecule has 2 aliphatic heterocycles. The van der Waals surface area contributed by atoms with Gasteiger partial charge < -0.3 is 15.0 Å². The van der Waals surface area contributed by atoms with Gasteiger partial charge in [-0.05, 0) is 24.4 Å². The Morgan fingerprint density at radius 2 is 2.11 bits per heavy atom. The molecule has 0 bridgehead atoms. The fourth-order valence-electron chi connectivity index (χ4n) is 2.72. The Balaban J connectivity index is 2.02. The summed E-state index contributed by atoms with van der Waals surface area (Å²) in [6.07, 6.45) is 0. The van der Waals surface area contributed by atoms with Crippen molar-refractivity contribution in [2.24, 2.45) is 0 Å². The van der Waals surface area contributed by atoms with Crippen LogP contribution in [-0.4, -0.2) is 44.2 Å². The zero-order valence-electron chi connectivity index (χ0n) is 10.4. The van der Waals surface area contributed by atoms with Crippen LogP contribution >= 0.6 is 12.2 Å². The Morgan fingerprint density at radius 1 is 1.37 bits per heavy atom. The van der Waals surface area contributed by atoms with Crippen LogP contribution in [0.4, 0.5) is 5.69 Å². The largest absolute Gasteiger partial charge is 0.495 e. The number of para-hydroxylation sites is 2. The van der Waals surface area contributed by atoms with Crippen molar-refractivity contribution in [1.82, 2.24) is 5.32 Å². The van der Waals surface area contributed by atoms with E-state index in [1.165, 1.54) is 0 Å². The lowest BCUT2D eigenvalue weighted by Gasteiger charge is -2.24. The minimum atomic E-state index is -2.99. The number of methoxy groups -OCH3 is 1. The molecule has 1 aromatic rings. The van der Waals surface area contributed by atoms with Crippen molar-refractivity contribution >= 4 is 32.9 Å². The van der Waals surface area contributed by atoms with Gasteiger partial charge in [0.2, 0.25) is 0 Å². The molecule has 3 rings (SSSR count). The molecule has 1 N–H and O–H groups in total. The maximum Gasteiger partial charge on any atom is 0.174 e. The lowest BCUT2D eigenvalue weighted by molar-refractivity contribution is 0.415. The van der Waals surface area contributed by atoms with Gasteiger partial charge >= 0.3 is 0 Å². The predicted octanol–water partition coefficient (Wildman–Crippen LogP) is 0.555. The molecule has 0 unspecified atom stereocenters. The SMILES string of the molecule is COc1ccccc1N1C(=S)N[C@H]2CS(=O)(=O)C[C@H]21. The second kappa shape index (κ2) is 4.35. The summed E-state index contributed by atoms with van der Waals surface area (Å²) in [5, 5.41) is 3.66. The van der Waals surface area contributed by atoms with Crippen LogP contribution in [0, 0.1) is 0 Å². The number of hydrogen-bond donors (Lipinski definition) is 1. The third-order valence-electron chi connectivity index (χ3n) is 3.53. The van der Waals surface area contributed by atoms with E-state index in [2.05, 4.69) is 5.32 Å². The monoisotopic (exact) mass is 298 g/mol. The van der Waals surface area contributed by atoms with E-state index in [-0.39, 0.29) is 23.6 Å². The maximum atomic E-state index is 11.7. The van der Waals surface area contributed by atoms with Crippen LogP contribution < -0.4 is 15.0 Å². The molecule has 19 heavy (non-hydrogen) atoms. The van der Waals surface area contributed by atoms with Crippen LogP contribution in [-0.2, 0) is 9.84 Å². The molecule has 2 heterocycles. The lowest BCUT2D eigenvalue weighted by atomic mass is 10.1. The summed E-state index contributed by atoms with van der Waals surface area (Å²) in [6, 6.07) is 7.22. The summed E-state index contributed by atoms with van der Waals surface area (Å²) in [6.45, 7) is 0. The van der Waals surface area contributed by atoms with Gasteiger partial charge in [-0.15, -0.1) is 0 Å². The third kappa shape index (κ3) is 2.06. The fourth-order valence-corrected chi connectivity index (χ4v) is 4.99. The van der Waals surface area contributed by atoms with Crippen LogP contribution in [0.15, 0.2) is 24.3 Å². The second-order valence-electron chi connectivity index (χ2n) is 4.74. The number of anilines is 1. The number of benzene rings is 1. The summed E-state index contributed by atoms with van der Waals surface area (Å²) in [7, 11) is -1.40. The Bertz CT molecular complexity index is 630. The molecular weight excluding hydrogens is 284 g/mol. The van der Waals surface area contributed by atoms with Crippen molar-refractivity contribution in [3.05, 3.63) is 24.3 Å². The fraction of sp³-hybridized carbons (Fsp3) is 0.417. The molecule has 1 aromatic carbocycles. The molecule has 102 valence electrons. The average molecular weight is 298 g/mol. The Hall–Kier alpha value is -1.34. The van der Waals surface area contributed by atoms with Gasteiger partial charge in [-0.2, -0.15) is 0 Å². The molecular formula is C12H14N2O3S2. The van der Waals surface area contributed by atoms with E-state index >= 15 is 0 Å². The van der Waals surface area contributed by atoms with E-state index in [0.29, 0.717) is 10.9 Å². The Morgan fingerprint density at radius 3 is 2.84 bits per heavy atom. The first-order chi connectivity index (χ1) is 9.02. The van der Waals surface area contributed by atoms with E-state index in [4.69, 9.17) is 17.0 Å². The van der Waals surface area contributed by atoms with E-state index in [1.54, 1.807) is 7.11 Å². The van der Waals surface area contributed by atoms with Gasteiger partial charge in [0.05, 0.1) is 36.4 Å². The maximum absolute atomic E-state index is 11.7.